The van der Waals surface area contributed by atoms with Gasteiger partial charge >= 0.3 is 11.7 Å². The molecule has 0 bridgehead atoms. The maximum absolute atomic E-state index is 12.8. The topological polar surface area (TPSA) is 180 Å². The van der Waals surface area contributed by atoms with Gasteiger partial charge in [0, 0.05) is 17.1 Å². The van der Waals surface area contributed by atoms with Gasteiger partial charge in [0.25, 0.3) is 5.91 Å². The molecule has 39 heavy (non-hydrogen) atoms. The van der Waals surface area contributed by atoms with E-state index in [9.17, 15) is 24.6 Å². The van der Waals surface area contributed by atoms with Gasteiger partial charge < -0.3 is 44.6 Å². The smallest absolute Gasteiger partial charge is 0.404 e. The Hall–Kier alpha value is -3.65. The summed E-state index contributed by atoms with van der Waals surface area (Å²) >= 11 is 3.27. The lowest BCUT2D eigenvalue weighted by Crippen LogP contribution is -2.65. The van der Waals surface area contributed by atoms with E-state index in [2.05, 4.69) is 21.2 Å². The summed E-state index contributed by atoms with van der Waals surface area (Å²) in [5.74, 6) is -0.984. The number of primary amides is 1. The Balaban J connectivity index is 1.66. The molecule has 208 valence electrons. The predicted molar refractivity (Wildman–Crippen MR) is 142 cm³/mol. The van der Waals surface area contributed by atoms with Gasteiger partial charge in [0.1, 0.15) is 17.4 Å². The molecule has 0 saturated carbocycles. The number of aliphatic hydroxyl groups is 1. The lowest BCUT2D eigenvalue weighted by atomic mass is 9.89. The number of methoxy groups -OCH3 is 1. The third-order valence-electron chi connectivity index (χ3n) is 6.37. The molecular formula is C26H27BrN2O10. The van der Waals surface area contributed by atoms with Crippen molar-refractivity contribution in [3.63, 3.8) is 0 Å². The minimum absolute atomic E-state index is 0.0156. The Bertz CT molecular complexity index is 1490. The Labute approximate surface area is 230 Å². The van der Waals surface area contributed by atoms with Crippen LogP contribution in [-0.4, -0.2) is 59.5 Å². The van der Waals surface area contributed by atoms with E-state index in [0.717, 1.165) is 0 Å². The second-order valence-corrected chi connectivity index (χ2v) is 10.2. The number of aromatic hydroxyl groups is 1. The van der Waals surface area contributed by atoms with Gasteiger partial charge in [-0.2, -0.15) is 0 Å². The first-order valence-electron chi connectivity index (χ1n) is 11.7. The van der Waals surface area contributed by atoms with Crippen molar-refractivity contribution in [2.75, 3.05) is 12.4 Å². The summed E-state index contributed by atoms with van der Waals surface area (Å²) in [5.41, 5.74) is 3.21. The fourth-order valence-electron chi connectivity index (χ4n) is 4.50. The van der Waals surface area contributed by atoms with Crippen LogP contribution in [0.1, 0.15) is 29.8 Å². The zero-order chi connectivity index (χ0) is 28.6. The first-order chi connectivity index (χ1) is 18.4. The van der Waals surface area contributed by atoms with Gasteiger partial charge in [-0.15, -0.1) is 0 Å². The maximum Gasteiger partial charge on any atom is 0.404 e. The third-order valence-corrected chi connectivity index (χ3v) is 7.06. The number of carbonyl (C=O) groups excluding carboxylic acids is 2. The molecule has 0 unspecified atom stereocenters. The fraction of sp³-hybridized carbons (Fsp3) is 0.346. The van der Waals surface area contributed by atoms with Gasteiger partial charge in [-0.3, -0.25) is 4.79 Å². The molecule has 1 aliphatic rings. The van der Waals surface area contributed by atoms with Crippen LogP contribution in [0.3, 0.4) is 0 Å². The number of halogens is 1. The van der Waals surface area contributed by atoms with E-state index in [0.29, 0.717) is 10.0 Å². The summed E-state index contributed by atoms with van der Waals surface area (Å²) in [6.45, 7) is 4.89. The molecule has 4 atom stereocenters. The van der Waals surface area contributed by atoms with Crippen LogP contribution in [0.4, 0.5) is 10.5 Å². The summed E-state index contributed by atoms with van der Waals surface area (Å²) in [6.07, 6.45) is -6.02. The monoisotopic (exact) mass is 606 g/mol. The molecule has 1 aliphatic heterocycles. The van der Waals surface area contributed by atoms with Crippen molar-refractivity contribution in [3.05, 3.63) is 62.4 Å². The highest BCUT2D eigenvalue weighted by Gasteiger charge is 2.53. The zero-order valence-electron chi connectivity index (χ0n) is 21.4. The number of ether oxygens (including phenoxy) is 4. The summed E-state index contributed by atoms with van der Waals surface area (Å²) in [4.78, 5) is 36.9. The molecule has 5 N–H and O–H groups in total. The van der Waals surface area contributed by atoms with E-state index in [4.69, 9.17) is 29.1 Å². The Morgan fingerprint density at radius 2 is 1.87 bits per heavy atom. The van der Waals surface area contributed by atoms with E-state index in [1.807, 2.05) is 0 Å². The minimum Gasteiger partial charge on any atom is -0.505 e. The molecule has 1 saturated heterocycles. The number of aryl methyl sites for hydroxylation is 1. The maximum atomic E-state index is 12.8. The van der Waals surface area contributed by atoms with E-state index < -0.39 is 59.3 Å². The molecule has 2 aromatic carbocycles. The van der Waals surface area contributed by atoms with Crippen LogP contribution in [0.25, 0.3) is 11.0 Å². The highest BCUT2D eigenvalue weighted by Crippen LogP contribution is 2.38. The SMILES string of the molecule is CO[C@@H]1[C@@H](OC(N)=O)[C@@H](O)[C@H](Oc2ccc3c(O)c(NC(=O)c4ccccc4Br)c(=O)oc3c2C)OC1(C)C. The summed E-state index contributed by atoms with van der Waals surface area (Å²) < 4.78 is 28.3. The number of hydrogen-bond donors (Lipinski definition) is 4. The predicted octanol–water partition coefficient (Wildman–Crippen LogP) is 3.18. The second-order valence-electron chi connectivity index (χ2n) is 9.37. The zero-order valence-corrected chi connectivity index (χ0v) is 23.0. The number of amides is 2. The first-order valence-corrected chi connectivity index (χ1v) is 12.5. The van der Waals surface area contributed by atoms with E-state index in [1.165, 1.54) is 19.2 Å². The van der Waals surface area contributed by atoms with Crippen molar-refractivity contribution >= 4 is 44.6 Å². The standard InChI is InChI=1S/C26H27BrN2O10/c1-11-15(36-24-18(31)20(38-25(28)34)21(35-4)26(2,3)39-24)10-9-13-17(30)16(23(33)37-19(11)13)29-22(32)12-7-5-6-8-14(12)27/h5-10,18,20-21,24,30-31H,1-4H3,(H2,28,34)(H,29,32)/t18-,20+,21-,24-/m1/s1. The minimum atomic E-state index is -1.50. The average Bonchev–Trinajstić information content (AvgIpc) is 2.86. The van der Waals surface area contributed by atoms with Crippen molar-refractivity contribution in [2.24, 2.45) is 5.73 Å². The average molecular weight is 607 g/mol. The van der Waals surface area contributed by atoms with Crippen LogP contribution >= 0.6 is 15.9 Å². The number of carbonyl (C=O) groups is 2. The Morgan fingerprint density at radius 1 is 1.18 bits per heavy atom. The van der Waals surface area contributed by atoms with Gasteiger partial charge in [0.2, 0.25) is 6.29 Å². The Kier molecular flexibility index (Phi) is 7.89. The van der Waals surface area contributed by atoms with Crippen LogP contribution in [0.15, 0.2) is 50.1 Å². The quantitative estimate of drug-likeness (QED) is 0.304. The van der Waals surface area contributed by atoms with Crippen molar-refractivity contribution in [1.82, 2.24) is 0 Å². The number of benzene rings is 2. The first kappa shape index (κ1) is 28.4. The summed E-state index contributed by atoms with van der Waals surface area (Å²) in [7, 11) is 1.37. The van der Waals surface area contributed by atoms with Gasteiger partial charge in [0.15, 0.2) is 23.6 Å². The van der Waals surface area contributed by atoms with Gasteiger partial charge in [-0.25, -0.2) is 9.59 Å². The second kappa shape index (κ2) is 10.8. The lowest BCUT2D eigenvalue weighted by Gasteiger charge is -2.47. The number of nitrogens with two attached hydrogens (primary N) is 1. The highest BCUT2D eigenvalue weighted by molar-refractivity contribution is 9.10. The van der Waals surface area contributed by atoms with Gasteiger partial charge in [-0.05, 0) is 61.0 Å². The van der Waals surface area contributed by atoms with Gasteiger partial charge in [-0.1, -0.05) is 12.1 Å². The summed E-state index contributed by atoms with van der Waals surface area (Å²) in [5, 5.41) is 24.3. The molecule has 0 spiro atoms. The largest absolute Gasteiger partial charge is 0.505 e. The van der Waals surface area contributed by atoms with Crippen LogP contribution in [0, 0.1) is 6.92 Å². The van der Waals surface area contributed by atoms with Crippen LogP contribution in [0.5, 0.6) is 11.5 Å². The number of rotatable bonds is 6. The van der Waals surface area contributed by atoms with Crippen molar-refractivity contribution in [3.8, 4) is 11.5 Å². The fourth-order valence-corrected chi connectivity index (χ4v) is 4.96. The third kappa shape index (κ3) is 5.43. The number of aliphatic hydroxyl groups excluding tert-OH is 1. The van der Waals surface area contributed by atoms with E-state index >= 15 is 0 Å². The molecule has 4 rings (SSSR count). The van der Waals surface area contributed by atoms with Crippen LogP contribution in [0.2, 0.25) is 0 Å². The van der Waals surface area contributed by atoms with Crippen LogP contribution in [-0.2, 0) is 14.2 Å². The number of nitrogens with one attached hydrogen (secondary N) is 1. The molecule has 0 aliphatic carbocycles. The normalized spacial score (nSPS) is 22.3. The molecular weight excluding hydrogens is 580 g/mol. The number of anilines is 1. The molecule has 2 amide bonds. The van der Waals surface area contributed by atoms with E-state index in [1.54, 1.807) is 45.0 Å². The van der Waals surface area contributed by atoms with Crippen LogP contribution < -0.4 is 21.4 Å². The molecule has 1 aromatic heterocycles. The number of fused-ring (bicyclic) bond motifs is 1. The van der Waals surface area contributed by atoms with Gasteiger partial charge in [0.05, 0.1) is 16.6 Å². The summed E-state index contributed by atoms with van der Waals surface area (Å²) in [6, 6.07) is 9.47. The highest BCUT2D eigenvalue weighted by atomic mass is 79.9. The van der Waals surface area contributed by atoms with E-state index in [-0.39, 0.29) is 22.3 Å². The molecule has 12 nitrogen and oxygen atoms in total. The van der Waals surface area contributed by atoms with Crippen molar-refractivity contribution in [1.29, 1.82) is 0 Å². The lowest BCUT2D eigenvalue weighted by molar-refractivity contribution is -0.304. The molecule has 3 aromatic rings. The Morgan fingerprint density at radius 3 is 2.51 bits per heavy atom. The number of hydrogen-bond acceptors (Lipinski definition) is 10. The van der Waals surface area contributed by atoms with Crippen molar-refractivity contribution < 1.29 is 43.2 Å². The molecule has 2 heterocycles. The molecule has 1 fully saturated rings. The molecule has 13 heteroatoms. The molecule has 0 radical (unpaired) electrons. The van der Waals surface area contributed by atoms with Crippen molar-refractivity contribution in [2.45, 2.75) is 51.0 Å².